The summed E-state index contributed by atoms with van der Waals surface area (Å²) in [4.78, 5) is 11.3. The summed E-state index contributed by atoms with van der Waals surface area (Å²) in [5, 5.41) is 1.38. The normalized spacial score (nSPS) is 19.1. The summed E-state index contributed by atoms with van der Waals surface area (Å²) in [6, 6.07) is 0. The Balaban J connectivity index is 2.32. The number of carbonyl (C=O) groups is 1. The van der Waals surface area contributed by atoms with Crippen LogP contribution in [0.25, 0.3) is 0 Å². The highest BCUT2D eigenvalue weighted by Crippen LogP contribution is 2.36. The van der Waals surface area contributed by atoms with Gasteiger partial charge in [0.2, 0.25) is 6.29 Å². The van der Waals surface area contributed by atoms with E-state index in [0.29, 0.717) is 13.0 Å². The van der Waals surface area contributed by atoms with Gasteiger partial charge in [0.15, 0.2) is 0 Å². The Labute approximate surface area is 112 Å². The molecule has 1 saturated heterocycles. The van der Waals surface area contributed by atoms with E-state index in [2.05, 4.69) is 0 Å². The molecule has 6 nitrogen and oxygen atoms in total. The molecule has 1 fully saturated rings. The number of ether oxygens (including phenoxy) is 3. The van der Waals surface area contributed by atoms with Crippen molar-refractivity contribution in [2.24, 2.45) is 0 Å². The van der Waals surface area contributed by atoms with Gasteiger partial charge in [0.1, 0.15) is 15.5 Å². The molecular weight excluding hydrogens is 304 g/mol. The molecule has 9 heteroatoms. The summed E-state index contributed by atoms with van der Waals surface area (Å²) < 4.78 is 37.6. The van der Waals surface area contributed by atoms with Crippen LogP contribution >= 0.6 is 22.0 Å². The van der Waals surface area contributed by atoms with Crippen molar-refractivity contribution < 1.29 is 27.4 Å². The average Bonchev–Trinajstić information content (AvgIpc) is 2.66. The average molecular weight is 313 g/mol. The third-order valence-corrected chi connectivity index (χ3v) is 4.68. The highest BCUT2D eigenvalue weighted by molar-refractivity contribution is 8.14. The number of rotatable bonds is 4. The zero-order valence-corrected chi connectivity index (χ0v) is 11.6. The molecule has 2 rings (SSSR count). The van der Waals surface area contributed by atoms with Gasteiger partial charge in [-0.1, -0.05) is 0 Å². The van der Waals surface area contributed by atoms with Crippen LogP contribution in [0, 0.1) is 0 Å². The molecule has 0 saturated carbocycles. The minimum Gasteiger partial charge on any atom is -0.494 e. The van der Waals surface area contributed by atoms with Crippen LogP contribution < -0.4 is 4.74 Å². The minimum absolute atomic E-state index is 0.0245. The smallest absolute Gasteiger partial charge is 0.352 e. The van der Waals surface area contributed by atoms with Gasteiger partial charge >= 0.3 is 5.97 Å². The Hall–Kier alpha value is -0.830. The highest BCUT2D eigenvalue weighted by Gasteiger charge is 2.31. The monoisotopic (exact) mass is 312 g/mol. The van der Waals surface area contributed by atoms with Crippen molar-refractivity contribution in [2.75, 3.05) is 13.7 Å². The standard InChI is InChI=1S/C9H9ClO6S2/c1-14-5-4-17-7(8(5)18(10,12)13)9(11)16-6-2-3-15-6/h4,6H,2-3H2,1H3. The van der Waals surface area contributed by atoms with Gasteiger partial charge in [-0.05, 0) is 0 Å². The van der Waals surface area contributed by atoms with Gasteiger partial charge in [0.25, 0.3) is 9.05 Å². The predicted molar refractivity (Wildman–Crippen MR) is 63.7 cm³/mol. The molecule has 1 aromatic rings. The zero-order valence-electron chi connectivity index (χ0n) is 9.21. The molecule has 100 valence electrons. The van der Waals surface area contributed by atoms with E-state index in [-0.39, 0.29) is 15.5 Å². The molecule has 0 amide bonds. The fourth-order valence-corrected chi connectivity index (χ4v) is 3.95. The second-order valence-electron chi connectivity index (χ2n) is 3.39. The van der Waals surface area contributed by atoms with E-state index in [1.807, 2.05) is 0 Å². The minimum atomic E-state index is -4.09. The molecule has 1 aromatic heterocycles. The van der Waals surface area contributed by atoms with Crippen molar-refractivity contribution in [3.63, 3.8) is 0 Å². The summed E-state index contributed by atoms with van der Waals surface area (Å²) in [6.07, 6.45) is -0.0199. The SMILES string of the molecule is COc1csc(C(=O)OC2CCO2)c1S(=O)(=O)Cl. The second-order valence-corrected chi connectivity index (χ2v) is 6.78. The number of halogens is 1. The van der Waals surface area contributed by atoms with Crippen LogP contribution in [0.15, 0.2) is 10.3 Å². The highest BCUT2D eigenvalue weighted by atomic mass is 35.7. The maximum Gasteiger partial charge on any atom is 0.352 e. The molecular formula is C9H9ClO6S2. The lowest BCUT2D eigenvalue weighted by Crippen LogP contribution is -2.31. The summed E-state index contributed by atoms with van der Waals surface area (Å²) in [5.74, 6) is -0.760. The molecule has 1 aliphatic rings. The van der Waals surface area contributed by atoms with Gasteiger partial charge in [-0.3, -0.25) is 0 Å². The van der Waals surface area contributed by atoms with Gasteiger partial charge in [0, 0.05) is 22.5 Å². The van der Waals surface area contributed by atoms with Crippen LogP contribution in [0.2, 0.25) is 0 Å². The molecule has 0 aliphatic carbocycles. The Kier molecular flexibility index (Phi) is 3.81. The fourth-order valence-electron chi connectivity index (χ4n) is 1.32. The largest absolute Gasteiger partial charge is 0.494 e. The van der Waals surface area contributed by atoms with E-state index in [4.69, 9.17) is 24.9 Å². The van der Waals surface area contributed by atoms with E-state index in [0.717, 1.165) is 11.3 Å². The van der Waals surface area contributed by atoms with Gasteiger partial charge in [-0.2, -0.15) is 0 Å². The van der Waals surface area contributed by atoms with Crippen LogP contribution in [0.5, 0.6) is 5.75 Å². The Morgan fingerprint density at radius 3 is 2.72 bits per heavy atom. The molecule has 1 aliphatic heterocycles. The third kappa shape index (κ3) is 2.61. The maximum atomic E-state index is 11.8. The van der Waals surface area contributed by atoms with Crippen LogP contribution in [-0.4, -0.2) is 34.4 Å². The number of hydrogen-bond acceptors (Lipinski definition) is 7. The predicted octanol–water partition coefficient (Wildman–Crippen LogP) is 1.59. The molecule has 1 unspecified atom stereocenters. The topological polar surface area (TPSA) is 78.9 Å². The Morgan fingerprint density at radius 2 is 2.28 bits per heavy atom. The van der Waals surface area contributed by atoms with Crippen LogP contribution in [0.1, 0.15) is 16.1 Å². The molecule has 0 bridgehead atoms. The van der Waals surface area contributed by atoms with Crippen molar-refractivity contribution >= 4 is 37.0 Å². The van der Waals surface area contributed by atoms with Crippen molar-refractivity contribution in [1.29, 1.82) is 0 Å². The summed E-state index contributed by atoms with van der Waals surface area (Å²) in [5.41, 5.74) is 0. The number of hydrogen-bond donors (Lipinski definition) is 0. The van der Waals surface area contributed by atoms with Crippen LogP contribution in [0.3, 0.4) is 0 Å². The fraction of sp³-hybridized carbons (Fsp3) is 0.444. The lowest BCUT2D eigenvalue weighted by molar-refractivity contribution is -0.184. The number of thiophene rings is 1. The van der Waals surface area contributed by atoms with Crippen molar-refractivity contribution in [3.8, 4) is 5.75 Å². The molecule has 18 heavy (non-hydrogen) atoms. The number of carbonyl (C=O) groups excluding carboxylic acids is 1. The third-order valence-electron chi connectivity index (χ3n) is 2.26. The Bertz CT molecular complexity index is 560. The molecule has 1 atom stereocenters. The molecule has 0 aromatic carbocycles. The van der Waals surface area contributed by atoms with E-state index >= 15 is 0 Å². The first-order valence-electron chi connectivity index (χ1n) is 4.86. The van der Waals surface area contributed by atoms with Crippen LogP contribution in [0.4, 0.5) is 0 Å². The lowest BCUT2D eigenvalue weighted by Gasteiger charge is -2.25. The molecule has 0 radical (unpaired) electrons. The van der Waals surface area contributed by atoms with Gasteiger partial charge < -0.3 is 14.2 Å². The second kappa shape index (κ2) is 5.04. The maximum absolute atomic E-state index is 11.8. The first-order valence-corrected chi connectivity index (χ1v) is 8.05. The first-order chi connectivity index (χ1) is 8.43. The van der Waals surface area contributed by atoms with Gasteiger partial charge in [-0.15, -0.1) is 11.3 Å². The number of methoxy groups -OCH3 is 1. The van der Waals surface area contributed by atoms with Crippen LogP contribution in [-0.2, 0) is 18.5 Å². The van der Waals surface area contributed by atoms with Crippen molar-refractivity contribution in [2.45, 2.75) is 17.6 Å². The lowest BCUT2D eigenvalue weighted by atomic mass is 10.3. The van der Waals surface area contributed by atoms with Gasteiger partial charge in [-0.25, -0.2) is 13.2 Å². The summed E-state index contributed by atoms with van der Waals surface area (Å²) >= 11 is 0.894. The number of esters is 1. The quantitative estimate of drug-likeness (QED) is 0.620. The van der Waals surface area contributed by atoms with Crippen molar-refractivity contribution in [1.82, 2.24) is 0 Å². The molecule has 0 spiro atoms. The summed E-state index contributed by atoms with van der Waals surface area (Å²) in [6.45, 7) is 0.520. The van der Waals surface area contributed by atoms with Crippen molar-refractivity contribution in [3.05, 3.63) is 10.3 Å². The first kappa shape index (κ1) is 13.6. The van der Waals surface area contributed by atoms with E-state index in [1.54, 1.807) is 0 Å². The van der Waals surface area contributed by atoms with Gasteiger partial charge in [0.05, 0.1) is 13.7 Å². The van der Waals surface area contributed by atoms with E-state index < -0.39 is 21.3 Å². The Morgan fingerprint density at radius 1 is 1.61 bits per heavy atom. The molecule has 0 N–H and O–H groups in total. The summed E-state index contributed by atoms with van der Waals surface area (Å²) in [7, 11) is 2.48. The van der Waals surface area contributed by atoms with E-state index in [1.165, 1.54) is 12.5 Å². The van der Waals surface area contributed by atoms with E-state index in [9.17, 15) is 13.2 Å². The molecule has 2 heterocycles. The zero-order chi connectivity index (χ0) is 13.3.